The van der Waals surface area contributed by atoms with Crippen LogP contribution in [0, 0.1) is 5.92 Å². The van der Waals surface area contributed by atoms with Crippen LogP contribution in [-0.4, -0.2) is 46.2 Å². The molecule has 1 saturated heterocycles. The van der Waals surface area contributed by atoms with Crippen molar-refractivity contribution in [3.05, 3.63) is 83.1 Å². The van der Waals surface area contributed by atoms with Gasteiger partial charge in [0.2, 0.25) is 11.8 Å². The largest absolute Gasteiger partial charge is 0.484 e. The summed E-state index contributed by atoms with van der Waals surface area (Å²) >= 11 is 0. The standard InChI is InChI=1S/C29H33N3O4/c1-20(2)16-27(33)32-15-12-21-10-11-23(17-24(21)28(32)22-8-4-3-5-9-22)35-19-26-30-25(18-36-26)29(34)31-13-6-7-14-31/h3-5,8-11,17-18,20,28H,6-7,12-16,19H2,1-2H3. The number of aromatic nitrogens is 1. The smallest absolute Gasteiger partial charge is 0.275 e. The molecule has 1 atom stereocenters. The van der Waals surface area contributed by atoms with Gasteiger partial charge in [-0.25, -0.2) is 4.98 Å². The van der Waals surface area contributed by atoms with Gasteiger partial charge in [-0.3, -0.25) is 9.59 Å². The molecule has 0 bridgehead atoms. The molecule has 0 spiro atoms. The Hall–Kier alpha value is -3.61. The lowest BCUT2D eigenvalue weighted by Crippen LogP contribution is -2.41. The highest BCUT2D eigenvalue weighted by Gasteiger charge is 2.32. The van der Waals surface area contributed by atoms with Crippen LogP contribution < -0.4 is 4.74 Å². The Bertz CT molecular complexity index is 1210. The fourth-order valence-electron chi connectivity index (χ4n) is 5.12. The van der Waals surface area contributed by atoms with Crippen molar-refractivity contribution in [3.63, 3.8) is 0 Å². The van der Waals surface area contributed by atoms with E-state index in [0.29, 0.717) is 36.2 Å². The number of hydrogen-bond donors (Lipinski definition) is 0. The van der Waals surface area contributed by atoms with Gasteiger partial charge in [-0.05, 0) is 54.0 Å². The van der Waals surface area contributed by atoms with Crippen LogP contribution >= 0.6 is 0 Å². The van der Waals surface area contributed by atoms with Gasteiger partial charge in [-0.15, -0.1) is 0 Å². The SMILES string of the molecule is CC(C)CC(=O)N1CCc2ccc(OCc3nc(C(=O)N4CCCC4)co3)cc2C1c1ccccc1. The first kappa shape index (κ1) is 24.1. The number of benzene rings is 2. The molecule has 0 saturated carbocycles. The average Bonchev–Trinajstić information content (AvgIpc) is 3.59. The molecule has 0 aliphatic carbocycles. The van der Waals surface area contributed by atoms with E-state index in [1.807, 2.05) is 40.1 Å². The highest BCUT2D eigenvalue weighted by atomic mass is 16.5. The second-order valence-electron chi connectivity index (χ2n) is 10.0. The van der Waals surface area contributed by atoms with Crippen LogP contribution in [0.5, 0.6) is 5.75 Å². The highest BCUT2D eigenvalue weighted by molar-refractivity contribution is 5.92. The van der Waals surface area contributed by atoms with E-state index in [1.54, 1.807) is 0 Å². The molecule has 36 heavy (non-hydrogen) atoms. The summed E-state index contributed by atoms with van der Waals surface area (Å²) in [7, 11) is 0. The third-order valence-electron chi connectivity index (χ3n) is 6.89. The van der Waals surface area contributed by atoms with E-state index in [2.05, 4.69) is 37.0 Å². The fourth-order valence-corrected chi connectivity index (χ4v) is 5.12. The van der Waals surface area contributed by atoms with Crippen LogP contribution in [0.2, 0.25) is 0 Å². The Balaban J connectivity index is 1.35. The van der Waals surface area contributed by atoms with Crippen LogP contribution in [0.1, 0.15) is 72.2 Å². The van der Waals surface area contributed by atoms with Gasteiger partial charge in [0.15, 0.2) is 12.3 Å². The number of carbonyl (C=O) groups excluding carboxylic acids is 2. The predicted octanol–water partition coefficient (Wildman–Crippen LogP) is 5.01. The third-order valence-corrected chi connectivity index (χ3v) is 6.89. The van der Waals surface area contributed by atoms with Gasteiger partial charge in [0.1, 0.15) is 12.0 Å². The van der Waals surface area contributed by atoms with Crippen LogP contribution in [0.3, 0.4) is 0 Å². The van der Waals surface area contributed by atoms with Crippen molar-refractivity contribution >= 4 is 11.8 Å². The van der Waals surface area contributed by atoms with Crippen LogP contribution in [0.25, 0.3) is 0 Å². The lowest BCUT2D eigenvalue weighted by atomic mass is 9.87. The number of amides is 2. The zero-order chi connectivity index (χ0) is 25.1. The maximum Gasteiger partial charge on any atom is 0.275 e. The van der Waals surface area contributed by atoms with Crippen molar-refractivity contribution in [2.75, 3.05) is 19.6 Å². The minimum atomic E-state index is -0.156. The third kappa shape index (κ3) is 5.15. The molecule has 7 heteroatoms. The molecule has 1 fully saturated rings. The maximum absolute atomic E-state index is 13.2. The minimum Gasteiger partial charge on any atom is -0.484 e. The number of carbonyl (C=O) groups is 2. The van der Waals surface area contributed by atoms with E-state index >= 15 is 0 Å². The summed E-state index contributed by atoms with van der Waals surface area (Å²) in [4.78, 5) is 33.9. The zero-order valence-corrected chi connectivity index (χ0v) is 21.0. The Labute approximate surface area is 212 Å². The highest BCUT2D eigenvalue weighted by Crippen LogP contribution is 2.38. The first-order valence-corrected chi connectivity index (χ1v) is 12.8. The Morgan fingerprint density at radius 1 is 1.08 bits per heavy atom. The van der Waals surface area contributed by atoms with E-state index in [4.69, 9.17) is 9.15 Å². The monoisotopic (exact) mass is 487 g/mol. The molecule has 3 aromatic rings. The number of likely N-dealkylation sites (tertiary alicyclic amines) is 1. The van der Waals surface area contributed by atoms with E-state index < -0.39 is 0 Å². The summed E-state index contributed by atoms with van der Waals surface area (Å²) in [5.41, 5.74) is 3.72. The maximum atomic E-state index is 13.2. The number of ether oxygens (including phenoxy) is 1. The van der Waals surface area contributed by atoms with Gasteiger partial charge < -0.3 is 19.0 Å². The minimum absolute atomic E-state index is 0.0897. The van der Waals surface area contributed by atoms with Crippen molar-refractivity contribution in [3.8, 4) is 5.75 Å². The Morgan fingerprint density at radius 2 is 1.86 bits per heavy atom. The summed E-state index contributed by atoms with van der Waals surface area (Å²) < 4.78 is 11.6. The molecule has 2 amide bonds. The summed E-state index contributed by atoms with van der Waals surface area (Å²) in [6.45, 7) is 6.51. The van der Waals surface area contributed by atoms with E-state index in [-0.39, 0.29) is 24.5 Å². The molecule has 5 rings (SSSR count). The van der Waals surface area contributed by atoms with Gasteiger partial charge in [-0.2, -0.15) is 0 Å². The van der Waals surface area contributed by atoms with Crippen LogP contribution in [0.15, 0.2) is 59.2 Å². The molecule has 1 aromatic heterocycles. The quantitative estimate of drug-likeness (QED) is 0.468. The summed E-state index contributed by atoms with van der Waals surface area (Å²) in [5.74, 6) is 1.43. The van der Waals surface area contributed by atoms with Crippen LogP contribution in [0.4, 0.5) is 0 Å². The topological polar surface area (TPSA) is 75.9 Å². The summed E-state index contributed by atoms with van der Waals surface area (Å²) in [6.07, 6.45) is 4.81. The average molecular weight is 488 g/mol. The number of hydrogen-bond acceptors (Lipinski definition) is 5. The molecular formula is C29H33N3O4. The van der Waals surface area contributed by atoms with Crippen molar-refractivity contribution < 1.29 is 18.7 Å². The lowest BCUT2D eigenvalue weighted by Gasteiger charge is -2.38. The Morgan fingerprint density at radius 3 is 2.61 bits per heavy atom. The molecule has 3 heterocycles. The number of fused-ring (bicyclic) bond motifs is 1. The molecule has 2 aliphatic rings. The first-order chi connectivity index (χ1) is 17.5. The molecule has 2 aliphatic heterocycles. The van der Waals surface area contributed by atoms with Gasteiger partial charge in [0.25, 0.3) is 5.91 Å². The van der Waals surface area contributed by atoms with Gasteiger partial charge in [0, 0.05) is 26.1 Å². The lowest BCUT2D eigenvalue weighted by molar-refractivity contribution is -0.134. The Kier molecular flexibility index (Phi) is 7.07. The zero-order valence-electron chi connectivity index (χ0n) is 21.0. The van der Waals surface area contributed by atoms with Crippen molar-refractivity contribution in [1.82, 2.24) is 14.8 Å². The summed E-state index contributed by atoms with van der Waals surface area (Å²) in [5, 5.41) is 0. The fraction of sp³-hybridized carbons (Fsp3) is 0.414. The first-order valence-electron chi connectivity index (χ1n) is 12.8. The molecule has 188 valence electrons. The van der Waals surface area contributed by atoms with Crippen molar-refractivity contribution in [1.29, 1.82) is 0 Å². The number of oxazole rings is 1. The van der Waals surface area contributed by atoms with E-state index in [0.717, 1.165) is 43.5 Å². The number of nitrogens with zero attached hydrogens (tertiary/aromatic N) is 3. The van der Waals surface area contributed by atoms with Crippen molar-refractivity contribution in [2.45, 2.75) is 52.2 Å². The molecule has 1 unspecified atom stereocenters. The molecule has 0 N–H and O–H groups in total. The molecular weight excluding hydrogens is 454 g/mol. The predicted molar refractivity (Wildman–Crippen MR) is 136 cm³/mol. The van der Waals surface area contributed by atoms with Gasteiger partial charge in [0.05, 0.1) is 6.04 Å². The summed E-state index contributed by atoms with van der Waals surface area (Å²) in [6, 6.07) is 16.1. The van der Waals surface area contributed by atoms with Crippen LogP contribution in [-0.2, 0) is 17.8 Å². The van der Waals surface area contributed by atoms with Crippen molar-refractivity contribution in [2.24, 2.45) is 5.92 Å². The van der Waals surface area contributed by atoms with Gasteiger partial charge in [-0.1, -0.05) is 50.2 Å². The van der Waals surface area contributed by atoms with Gasteiger partial charge >= 0.3 is 0 Å². The number of rotatable bonds is 7. The second-order valence-corrected chi connectivity index (χ2v) is 10.0. The molecule has 0 radical (unpaired) electrons. The molecule has 7 nitrogen and oxygen atoms in total. The van der Waals surface area contributed by atoms with E-state index in [1.165, 1.54) is 11.8 Å². The normalized spacial score (nSPS) is 17.4. The molecule has 2 aromatic carbocycles. The second kappa shape index (κ2) is 10.6. The van der Waals surface area contributed by atoms with E-state index in [9.17, 15) is 9.59 Å².